The van der Waals surface area contributed by atoms with Gasteiger partial charge in [-0.25, -0.2) is 0 Å². The molecule has 0 aromatic heterocycles. The normalized spacial score (nSPS) is 23.0. The minimum atomic E-state index is -1.12. The minimum absolute atomic E-state index is 0.256. The van der Waals surface area contributed by atoms with Gasteiger partial charge in [0.15, 0.2) is 0 Å². The van der Waals surface area contributed by atoms with Crippen LogP contribution >= 0.6 is 21.6 Å². The molecule has 10 nitrogen and oxygen atoms in total. The smallest absolute Gasteiger partial charge is 0.309 e. The van der Waals surface area contributed by atoms with E-state index in [9.17, 15) is 24.0 Å². The van der Waals surface area contributed by atoms with Crippen LogP contribution in [-0.2, 0) is 24.0 Å². The molecular weight excluding hydrogens is 406 g/mol. The summed E-state index contributed by atoms with van der Waals surface area (Å²) in [6.07, 6.45) is 0.822. The largest absolute Gasteiger partial charge is 0.347 e. The molecule has 4 amide bonds. The Kier molecular flexibility index (Phi) is 11.8. The topological polar surface area (TPSA) is 146 Å². The highest BCUT2D eigenvalue weighted by Crippen LogP contribution is 2.22. The van der Waals surface area contributed by atoms with Crippen molar-refractivity contribution in [3.05, 3.63) is 0 Å². The van der Waals surface area contributed by atoms with Crippen LogP contribution < -0.4 is 26.6 Å². The summed E-state index contributed by atoms with van der Waals surface area (Å²) in [5.41, 5.74) is 0. The van der Waals surface area contributed by atoms with Crippen molar-refractivity contribution < 1.29 is 24.0 Å². The van der Waals surface area contributed by atoms with Gasteiger partial charge >= 0.3 is 17.7 Å². The summed E-state index contributed by atoms with van der Waals surface area (Å²) in [7, 11) is 2.01. The molecule has 1 saturated heterocycles. The summed E-state index contributed by atoms with van der Waals surface area (Å²) in [5.74, 6) is -3.45. The van der Waals surface area contributed by atoms with Gasteiger partial charge in [-0.05, 0) is 29.7 Å². The van der Waals surface area contributed by atoms with E-state index in [-0.39, 0.29) is 6.54 Å². The zero-order valence-corrected chi connectivity index (χ0v) is 17.6. The van der Waals surface area contributed by atoms with Gasteiger partial charge in [0.25, 0.3) is 5.12 Å². The zero-order valence-electron chi connectivity index (χ0n) is 16.0. The van der Waals surface area contributed by atoms with Gasteiger partial charge in [0.2, 0.25) is 5.91 Å². The van der Waals surface area contributed by atoms with E-state index < -0.39 is 40.7 Å². The van der Waals surface area contributed by atoms with E-state index in [0.717, 1.165) is 30.3 Å². The van der Waals surface area contributed by atoms with Gasteiger partial charge in [0.05, 0.1) is 0 Å². The predicted molar refractivity (Wildman–Crippen MR) is 108 cm³/mol. The lowest BCUT2D eigenvalue weighted by Gasteiger charge is -2.20. The minimum Gasteiger partial charge on any atom is -0.347 e. The molecule has 0 saturated carbocycles. The Morgan fingerprint density at radius 3 is 2.18 bits per heavy atom. The molecule has 1 aliphatic heterocycles. The summed E-state index contributed by atoms with van der Waals surface area (Å²) in [5, 5.41) is 12.3. The molecule has 1 heterocycles. The predicted octanol–water partition coefficient (Wildman–Crippen LogP) is -1.62. The van der Waals surface area contributed by atoms with Crippen molar-refractivity contribution in [3.63, 3.8) is 0 Å². The third-order valence-electron chi connectivity index (χ3n) is 3.65. The van der Waals surface area contributed by atoms with Crippen LogP contribution in [0.5, 0.6) is 0 Å². The Hall–Kier alpha value is -1.63. The molecule has 0 aromatic rings. The number of rotatable bonds is 1. The fourth-order valence-electron chi connectivity index (χ4n) is 2.14. The third kappa shape index (κ3) is 9.53. The van der Waals surface area contributed by atoms with Crippen molar-refractivity contribution >= 4 is 50.3 Å². The van der Waals surface area contributed by atoms with Crippen LogP contribution in [0, 0.1) is 5.92 Å². The Morgan fingerprint density at radius 1 is 0.857 bits per heavy atom. The molecule has 5 N–H and O–H groups in total. The third-order valence-corrected chi connectivity index (χ3v) is 5.86. The molecule has 12 heteroatoms. The van der Waals surface area contributed by atoms with Gasteiger partial charge < -0.3 is 21.3 Å². The van der Waals surface area contributed by atoms with Crippen molar-refractivity contribution in [2.75, 3.05) is 38.5 Å². The second-order valence-electron chi connectivity index (χ2n) is 6.32. The molecule has 1 fully saturated rings. The summed E-state index contributed by atoms with van der Waals surface area (Å²) < 4.78 is 0. The number of carbonyl (C=O) groups excluding carboxylic acids is 5. The summed E-state index contributed by atoms with van der Waals surface area (Å²) >= 11 is 0. The average molecular weight is 434 g/mol. The number of nitrogens with one attached hydrogen (secondary N) is 5. The van der Waals surface area contributed by atoms with Crippen LogP contribution in [-0.4, -0.2) is 73.3 Å². The van der Waals surface area contributed by atoms with Crippen LogP contribution in [0.1, 0.15) is 20.3 Å². The van der Waals surface area contributed by atoms with Crippen LogP contribution in [0.2, 0.25) is 0 Å². The van der Waals surface area contributed by atoms with E-state index in [0.29, 0.717) is 18.8 Å². The van der Waals surface area contributed by atoms with Crippen molar-refractivity contribution in [2.45, 2.75) is 26.3 Å². The van der Waals surface area contributed by atoms with Crippen molar-refractivity contribution in [3.8, 4) is 0 Å². The summed E-state index contributed by atoms with van der Waals surface area (Å²) in [6.45, 7) is 6.26. The maximum absolute atomic E-state index is 12.3. The second-order valence-corrected chi connectivity index (χ2v) is 8.70. The molecule has 1 rings (SSSR count). The van der Waals surface area contributed by atoms with Crippen LogP contribution in [0.4, 0.5) is 0 Å². The fraction of sp³-hybridized carbons (Fsp3) is 0.688. The molecule has 158 valence electrons. The van der Waals surface area contributed by atoms with E-state index in [1.54, 1.807) is 13.8 Å². The molecule has 28 heavy (non-hydrogen) atoms. The highest BCUT2D eigenvalue weighted by molar-refractivity contribution is 8.82. The van der Waals surface area contributed by atoms with E-state index >= 15 is 0 Å². The molecule has 1 aliphatic rings. The maximum Gasteiger partial charge on any atom is 0.309 e. The first-order valence-corrected chi connectivity index (χ1v) is 11.3. The van der Waals surface area contributed by atoms with Crippen molar-refractivity contribution in [2.24, 2.45) is 5.92 Å². The maximum atomic E-state index is 12.3. The molecule has 1 unspecified atom stereocenters. The van der Waals surface area contributed by atoms with Gasteiger partial charge in [0, 0.05) is 31.9 Å². The molecule has 0 bridgehead atoms. The lowest BCUT2D eigenvalue weighted by atomic mass is 10.0. The van der Waals surface area contributed by atoms with Gasteiger partial charge in [-0.3, -0.25) is 29.3 Å². The number of imide groups is 1. The monoisotopic (exact) mass is 433 g/mol. The standard InChI is InChI=1S/C16H27N5O5S2/c1-10(2)11-12(22)21-15(25)16(26)28-27-9-3-4-17-5-6-18-7-8-19-13(23)14(24)20-11/h10-11,17-18H,3-9H2,1-2H3,(H,19,23)(H,20,24)(H,21,22,25). The summed E-state index contributed by atoms with van der Waals surface area (Å²) in [6, 6.07) is -1.12. The van der Waals surface area contributed by atoms with E-state index in [2.05, 4.69) is 21.3 Å². The molecular formula is C16H27N5O5S2. The molecule has 0 aromatic carbocycles. The van der Waals surface area contributed by atoms with Gasteiger partial charge in [-0.15, -0.1) is 0 Å². The van der Waals surface area contributed by atoms with Gasteiger partial charge in [-0.1, -0.05) is 24.6 Å². The van der Waals surface area contributed by atoms with Gasteiger partial charge in [-0.2, -0.15) is 0 Å². The number of carbonyl (C=O) groups is 5. The molecule has 0 aliphatic carbocycles. The Bertz CT molecular complexity index is 588. The van der Waals surface area contributed by atoms with Crippen LogP contribution in [0.3, 0.4) is 0 Å². The fourth-order valence-corrected chi connectivity index (χ4v) is 3.87. The number of hydrogen-bond donors (Lipinski definition) is 5. The van der Waals surface area contributed by atoms with E-state index in [1.807, 2.05) is 5.32 Å². The quantitative estimate of drug-likeness (QED) is 0.187. The van der Waals surface area contributed by atoms with E-state index in [1.165, 1.54) is 10.8 Å². The highest BCUT2D eigenvalue weighted by atomic mass is 33.1. The summed E-state index contributed by atoms with van der Waals surface area (Å²) in [4.78, 5) is 59.9. The number of amides is 4. The Labute approximate surface area is 171 Å². The molecule has 0 radical (unpaired) electrons. The van der Waals surface area contributed by atoms with E-state index in [4.69, 9.17) is 0 Å². The lowest BCUT2D eigenvalue weighted by molar-refractivity contribution is -0.142. The molecule has 1 atom stereocenters. The second kappa shape index (κ2) is 13.5. The van der Waals surface area contributed by atoms with Crippen molar-refractivity contribution in [1.82, 2.24) is 26.6 Å². The first kappa shape index (κ1) is 24.4. The average Bonchev–Trinajstić information content (AvgIpc) is 2.64. The Balaban J connectivity index is 2.73. The number of hydrogen-bond acceptors (Lipinski definition) is 9. The lowest BCUT2D eigenvalue weighted by Crippen LogP contribution is -2.55. The first-order chi connectivity index (χ1) is 13.3. The van der Waals surface area contributed by atoms with Crippen molar-refractivity contribution in [1.29, 1.82) is 0 Å². The first-order valence-electron chi connectivity index (χ1n) is 9.01. The Morgan fingerprint density at radius 2 is 1.50 bits per heavy atom. The van der Waals surface area contributed by atoms with Crippen LogP contribution in [0.25, 0.3) is 0 Å². The van der Waals surface area contributed by atoms with Gasteiger partial charge in [0.1, 0.15) is 6.04 Å². The SMILES string of the molecule is CC(C)C1NC(=O)C(=O)NCCNCCNCCCSSC(=O)C(=O)NC1=O. The molecule has 0 spiro atoms. The van der Waals surface area contributed by atoms with Crippen LogP contribution in [0.15, 0.2) is 0 Å². The highest BCUT2D eigenvalue weighted by Gasteiger charge is 2.29. The zero-order chi connectivity index (χ0) is 20.9.